The molecule has 0 aliphatic rings. The van der Waals surface area contributed by atoms with Crippen molar-refractivity contribution in [1.82, 2.24) is 4.90 Å². The molecule has 0 spiro atoms. The molecular weight excluding hydrogens is 202 g/mol. The van der Waals surface area contributed by atoms with Gasteiger partial charge in [0.25, 0.3) is 0 Å². The van der Waals surface area contributed by atoms with Gasteiger partial charge in [-0.3, -0.25) is 0 Å². The molecule has 1 aromatic carbocycles. The van der Waals surface area contributed by atoms with E-state index in [9.17, 15) is 0 Å². The molecule has 0 saturated heterocycles. The molecule has 0 aliphatic heterocycles. The lowest BCUT2D eigenvalue weighted by atomic mass is 10.2. The second-order valence-corrected chi connectivity index (χ2v) is 3.72. The largest absolute Gasteiger partial charge is 0.495 e. The summed E-state index contributed by atoms with van der Waals surface area (Å²) in [6.07, 6.45) is 0.544. The van der Waals surface area contributed by atoms with E-state index in [4.69, 9.17) is 15.7 Å². The molecule has 86 valence electrons. The summed E-state index contributed by atoms with van der Waals surface area (Å²) in [7, 11) is 3.59. The van der Waals surface area contributed by atoms with E-state index >= 15 is 0 Å². The molecule has 0 aliphatic carbocycles. The summed E-state index contributed by atoms with van der Waals surface area (Å²) in [4.78, 5) is 2.09. The minimum Gasteiger partial charge on any atom is -0.495 e. The highest BCUT2D eigenvalue weighted by Crippen LogP contribution is 2.22. The first-order valence-corrected chi connectivity index (χ1v) is 5.15. The number of hydrogen-bond donors (Lipinski definition) is 1. The highest BCUT2D eigenvalue weighted by atomic mass is 16.5. The van der Waals surface area contributed by atoms with Crippen molar-refractivity contribution in [3.63, 3.8) is 0 Å². The Kier molecular flexibility index (Phi) is 4.62. The Bertz CT molecular complexity index is 384. The number of benzene rings is 1. The topological polar surface area (TPSA) is 62.3 Å². The van der Waals surface area contributed by atoms with Crippen LogP contribution in [0, 0.1) is 11.3 Å². The van der Waals surface area contributed by atoms with Crippen LogP contribution < -0.4 is 10.5 Å². The van der Waals surface area contributed by atoms with Crippen molar-refractivity contribution in [2.24, 2.45) is 0 Å². The lowest BCUT2D eigenvalue weighted by Crippen LogP contribution is -2.18. The van der Waals surface area contributed by atoms with Gasteiger partial charge in [0, 0.05) is 19.5 Å². The maximum absolute atomic E-state index is 8.48. The molecule has 0 fully saturated rings. The van der Waals surface area contributed by atoms with E-state index in [1.165, 1.54) is 0 Å². The number of nitriles is 1. The number of rotatable bonds is 5. The molecular formula is C12H17N3O. The van der Waals surface area contributed by atoms with Crippen molar-refractivity contribution < 1.29 is 4.74 Å². The van der Waals surface area contributed by atoms with Gasteiger partial charge in [-0.15, -0.1) is 0 Å². The molecule has 0 amide bonds. The molecule has 0 saturated carbocycles. The molecule has 4 nitrogen and oxygen atoms in total. The fraction of sp³-hybridized carbons (Fsp3) is 0.417. The van der Waals surface area contributed by atoms with E-state index in [1.807, 2.05) is 25.2 Å². The smallest absolute Gasteiger partial charge is 0.141 e. The molecule has 0 unspecified atom stereocenters. The number of hydrogen-bond acceptors (Lipinski definition) is 4. The van der Waals surface area contributed by atoms with Gasteiger partial charge in [-0.05, 0) is 24.7 Å². The van der Waals surface area contributed by atoms with Gasteiger partial charge in [0.15, 0.2) is 0 Å². The van der Waals surface area contributed by atoms with E-state index < -0.39 is 0 Å². The molecule has 4 heteroatoms. The van der Waals surface area contributed by atoms with Gasteiger partial charge in [-0.2, -0.15) is 5.26 Å². The number of methoxy groups -OCH3 is 1. The monoisotopic (exact) mass is 219 g/mol. The maximum atomic E-state index is 8.48. The van der Waals surface area contributed by atoms with Crippen molar-refractivity contribution >= 4 is 5.69 Å². The second-order valence-electron chi connectivity index (χ2n) is 3.72. The summed E-state index contributed by atoms with van der Waals surface area (Å²) in [5.41, 5.74) is 7.58. The zero-order valence-corrected chi connectivity index (χ0v) is 9.73. The summed E-state index contributed by atoms with van der Waals surface area (Å²) in [6, 6.07) is 7.88. The van der Waals surface area contributed by atoms with Crippen LogP contribution in [-0.4, -0.2) is 25.6 Å². The van der Waals surface area contributed by atoms with Gasteiger partial charge in [0.2, 0.25) is 0 Å². The fourth-order valence-corrected chi connectivity index (χ4v) is 1.51. The number of ether oxygens (including phenoxy) is 1. The highest BCUT2D eigenvalue weighted by Gasteiger charge is 2.03. The van der Waals surface area contributed by atoms with E-state index in [2.05, 4.69) is 11.0 Å². The molecule has 0 radical (unpaired) electrons. The first-order valence-electron chi connectivity index (χ1n) is 5.15. The van der Waals surface area contributed by atoms with Crippen LogP contribution >= 0.6 is 0 Å². The Morgan fingerprint density at radius 1 is 1.50 bits per heavy atom. The quantitative estimate of drug-likeness (QED) is 0.764. The minimum absolute atomic E-state index is 0.544. The lowest BCUT2D eigenvalue weighted by Gasteiger charge is -2.15. The average molecular weight is 219 g/mol. The van der Waals surface area contributed by atoms with Crippen LogP contribution in [0.1, 0.15) is 12.0 Å². The Hall–Kier alpha value is -1.73. The fourth-order valence-electron chi connectivity index (χ4n) is 1.51. The molecule has 1 aromatic rings. The Balaban J connectivity index is 2.61. The van der Waals surface area contributed by atoms with E-state index in [-0.39, 0.29) is 0 Å². The first kappa shape index (κ1) is 12.3. The standard InChI is InChI=1S/C12H17N3O/c1-15(7-3-6-13)9-10-4-5-12(16-2)11(14)8-10/h4-5,8H,3,7,9,14H2,1-2H3. The van der Waals surface area contributed by atoms with Gasteiger partial charge in [0.1, 0.15) is 5.75 Å². The van der Waals surface area contributed by atoms with Crippen LogP contribution in [0.3, 0.4) is 0 Å². The first-order chi connectivity index (χ1) is 7.67. The Labute approximate surface area is 96.2 Å². The van der Waals surface area contributed by atoms with Crippen molar-refractivity contribution in [1.29, 1.82) is 5.26 Å². The molecule has 0 heterocycles. The zero-order valence-electron chi connectivity index (χ0n) is 9.73. The number of nitrogens with zero attached hydrogens (tertiary/aromatic N) is 2. The number of nitrogen functional groups attached to an aromatic ring is 1. The average Bonchev–Trinajstić information content (AvgIpc) is 2.26. The van der Waals surface area contributed by atoms with Crippen molar-refractivity contribution in [3.8, 4) is 11.8 Å². The van der Waals surface area contributed by atoms with E-state index in [1.54, 1.807) is 7.11 Å². The summed E-state index contributed by atoms with van der Waals surface area (Å²) in [5, 5.41) is 8.48. The molecule has 16 heavy (non-hydrogen) atoms. The third kappa shape index (κ3) is 3.44. The number of nitrogens with two attached hydrogens (primary N) is 1. The Morgan fingerprint density at radius 3 is 2.81 bits per heavy atom. The zero-order chi connectivity index (χ0) is 12.0. The van der Waals surface area contributed by atoms with Gasteiger partial charge < -0.3 is 15.4 Å². The Morgan fingerprint density at radius 2 is 2.25 bits per heavy atom. The summed E-state index contributed by atoms with van der Waals surface area (Å²) >= 11 is 0. The third-order valence-electron chi connectivity index (χ3n) is 2.35. The van der Waals surface area contributed by atoms with Gasteiger partial charge in [0.05, 0.1) is 18.9 Å². The van der Waals surface area contributed by atoms with Crippen LogP contribution in [0.25, 0.3) is 0 Å². The van der Waals surface area contributed by atoms with Gasteiger partial charge in [-0.25, -0.2) is 0 Å². The normalized spacial score (nSPS) is 10.1. The van der Waals surface area contributed by atoms with Gasteiger partial charge in [-0.1, -0.05) is 6.07 Å². The molecule has 0 aromatic heterocycles. The minimum atomic E-state index is 0.544. The van der Waals surface area contributed by atoms with Crippen molar-refractivity contribution in [2.45, 2.75) is 13.0 Å². The molecule has 0 bridgehead atoms. The van der Waals surface area contributed by atoms with Crippen LogP contribution in [0.15, 0.2) is 18.2 Å². The SMILES string of the molecule is COc1ccc(CN(C)CCC#N)cc1N. The summed E-state index contributed by atoms with van der Waals surface area (Å²) in [6.45, 7) is 1.55. The predicted molar refractivity (Wildman–Crippen MR) is 64.0 cm³/mol. The molecule has 0 atom stereocenters. The van der Waals surface area contributed by atoms with Crippen molar-refractivity contribution in [3.05, 3.63) is 23.8 Å². The maximum Gasteiger partial charge on any atom is 0.141 e. The van der Waals surface area contributed by atoms with Crippen LogP contribution in [0.5, 0.6) is 5.75 Å². The molecule has 1 rings (SSSR count). The van der Waals surface area contributed by atoms with Crippen LogP contribution in [0.2, 0.25) is 0 Å². The third-order valence-corrected chi connectivity index (χ3v) is 2.35. The number of anilines is 1. The summed E-state index contributed by atoms with van der Waals surface area (Å²) < 4.78 is 5.09. The molecule has 2 N–H and O–H groups in total. The van der Waals surface area contributed by atoms with E-state index in [0.717, 1.165) is 18.7 Å². The lowest BCUT2D eigenvalue weighted by molar-refractivity contribution is 0.334. The second kappa shape index (κ2) is 5.99. The highest BCUT2D eigenvalue weighted by molar-refractivity contribution is 5.54. The summed E-state index contributed by atoms with van der Waals surface area (Å²) in [5.74, 6) is 0.698. The van der Waals surface area contributed by atoms with Crippen LogP contribution in [0.4, 0.5) is 5.69 Å². The van der Waals surface area contributed by atoms with E-state index in [0.29, 0.717) is 17.9 Å². The predicted octanol–water partition coefficient (Wildman–Crippen LogP) is 1.62. The van der Waals surface area contributed by atoms with Crippen LogP contribution in [-0.2, 0) is 6.54 Å². The van der Waals surface area contributed by atoms with Crippen molar-refractivity contribution in [2.75, 3.05) is 26.4 Å². The van der Waals surface area contributed by atoms with Gasteiger partial charge >= 0.3 is 0 Å².